The van der Waals surface area contributed by atoms with Crippen molar-refractivity contribution in [2.24, 2.45) is 0 Å². The number of hydrogen-bond donors (Lipinski definition) is 0. The van der Waals surface area contributed by atoms with Crippen molar-refractivity contribution in [1.82, 2.24) is 4.90 Å². The minimum absolute atomic E-state index is 0.271. The lowest BCUT2D eigenvalue weighted by molar-refractivity contribution is -0.135. The van der Waals surface area contributed by atoms with E-state index in [4.69, 9.17) is 0 Å². The number of hydrogen-bond acceptors (Lipinski definition) is 4. The van der Waals surface area contributed by atoms with E-state index >= 15 is 0 Å². The van der Waals surface area contributed by atoms with E-state index in [1.165, 1.54) is 13.2 Å². The Morgan fingerprint density at radius 3 is 1.94 bits per heavy atom. The summed E-state index contributed by atoms with van der Waals surface area (Å²) in [6.07, 6.45) is 4.18. The molecular weight excluding hydrogens is 210 g/mol. The molecular formula is C11H17NO4. The van der Waals surface area contributed by atoms with Crippen LogP contribution in [0.3, 0.4) is 0 Å². The van der Waals surface area contributed by atoms with Gasteiger partial charge in [0.25, 0.3) is 0 Å². The zero-order valence-corrected chi connectivity index (χ0v) is 9.48. The largest absolute Gasteiger partial charge is 0.435 e. The van der Waals surface area contributed by atoms with Gasteiger partial charge in [0, 0.05) is 20.0 Å². The molecule has 0 spiro atoms. The van der Waals surface area contributed by atoms with Gasteiger partial charge in [0.1, 0.15) is 0 Å². The van der Waals surface area contributed by atoms with Crippen molar-refractivity contribution in [2.75, 3.05) is 13.1 Å². The van der Waals surface area contributed by atoms with E-state index in [1.807, 2.05) is 0 Å². The number of esters is 1. The Morgan fingerprint density at radius 1 is 1.12 bits per heavy atom. The average molecular weight is 227 g/mol. The van der Waals surface area contributed by atoms with Gasteiger partial charge in [0.2, 0.25) is 0 Å². The molecule has 16 heavy (non-hydrogen) atoms. The first-order chi connectivity index (χ1) is 7.61. The normalized spacial score (nSPS) is 13.2. The molecule has 0 aromatic heterocycles. The Hall–Kier alpha value is -1.78. The van der Waals surface area contributed by atoms with E-state index in [-0.39, 0.29) is 12.1 Å². The third kappa shape index (κ3) is 6.64. The molecule has 0 aromatic carbocycles. The number of amides is 1. The van der Waals surface area contributed by atoms with Crippen molar-refractivity contribution < 1.29 is 19.1 Å². The van der Waals surface area contributed by atoms with E-state index in [9.17, 15) is 9.59 Å². The first-order valence-electron chi connectivity index (χ1n) is 4.96. The SMILES string of the molecule is C=COC(=O)N1CCCC1.C=COC(C)=O. The first kappa shape index (κ1) is 14.2. The maximum absolute atomic E-state index is 10.9. The van der Waals surface area contributed by atoms with Crippen molar-refractivity contribution in [3.63, 3.8) is 0 Å². The maximum atomic E-state index is 10.9. The second-order valence-corrected chi connectivity index (χ2v) is 3.02. The minimum Gasteiger partial charge on any atom is -0.435 e. The van der Waals surface area contributed by atoms with Gasteiger partial charge in [0.15, 0.2) is 0 Å². The standard InChI is InChI=1S/C7H11NO2.C4H6O2/c1-2-10-7(9)8-5-3-4-6-8;1-3-6-4(2)5/h2H,1,3-6H2;3H,1H2,2H3. The van der Waals surface area contributed by atoms with Crippen LogP contribution >= 0.6 is 0 Å². The van der Waals surface area contributed by atoms with Gasteiger partial charge < -0.3 is 14.4 Å². The zero-order chi connectivity index (χ0) is 12.4. The number of likely N-dealkylation sites (tertiary alicyclic amines) is 1. The fraction of sp³-hybridized carbons (Fsp3) is 0.455. The van der Waals surface area contributed by atoms with Gasteiger partial charge in [-0.1, -0.05) is 13.2 Å². The Balaban J connectivity index is 0.000000325. The van der Waals surface area contributed by atoms with Crippen LogP contribution in [0.25, 0.3) is 0 Å². The van der Waals surface area contributed by atoms with Gasteiger partial charge in [-0.05, 0) is 12.8 Å². The summed E-state index contributed by atoms with van der Waals surface area (Å²) in [5.41, 5.74) is 0. The molecule has 0 radical (unpaired) electrons. The minimum atomic E-state index is -0.329. The van der Waals surface area contributed by atoms with E-state index in [2.05, 4.69) is 22.6 Å². The molecule has 1 aliphatic rings. The van der Waals surface area contributed by atoms with E-state index in [0.717, 1.165) is 32.2 Å². The molecule has 0 atom stereocenters. The maximum Gasteiger partial charge on any atom is 0.414 e. The summed E-state index contributed by atoms with van der Waals surface area (Å²) in [5.74, 6) is -0.329. The summed E-state index contributed by atoms with van der Waals surface area (Å²) in [5, 5.41) is 0. The summed E-state index contributed by atoms with van der Waals surface area (Å²) in [6, 6.07) is 0. The highest BCUT2D eigenvalue weighted by Crippen LogP contribution is 2.08. The molecule has 0 aromatic rings. The lowest BCUT2D eigenvalue weighted by Gasteiger charge is -2.11. The molecule has 0 saturated carbocycles. The predicted octanol–water partition coefficient (Wildman–Crippen LogP) is 2.06. The van der Waals surface area contributed by atoms with Gasteiger partial charge >= 0.3 is 12.1 Å². The number of carbonyl (C=O) groups excluding carboxylic acids is 2. The summed E-state index contributed by atoms with van der Waals surface area (Å²) in [4.78, 5) is 22.3. The number of carbonyl (C=O) groups is 2. The summed E-state index contributed by atoms with van der Waals surface area (Å²) >= 11 is 0. The van der Waals surface area contributed by atoms with Crippen LogP contribution < -0.4 is 0 Å². The monoisotopic (exact) mass is 227 g/mol. The van der Waals surface area contributed by atoms with Gasteiger partial charge in [-0.15, -0.1) is 0 Å². The number of nitrogens with zero attached hydrogens (tertiary/aromatic N) is 1. The molecule has 1 amide bonds. The average Bonchev–Trinajstić information content (AvgIpc) is 2.71. The lowest BCUT2D eigenvalue weighted by atomic mass is 10.4. The Morgan fingerprint density at radius 2 is 1.62 bits per heavy atom. The predicted molar refractivity (Wildman–Crippen MR) is 59.4 cm³/mol. The fourth-order valence-electron chi connectivity index (χ4n) is 1.16. The molecule has 1 rings (SSSR count). The third-order valence-corrected chi connectivity index (χ3v) is 1.80. The molecule has 0 bridgehead atoms. The van der Waals surface area contributed by atoms with E-state index < -0.39 is 0 Å². The highest BCUT2D eigenvalue weighted by molar-refractivity contribution is 5.68. The number of rotatable bonds is 2. The van der Waals surface area contributed by atoms with Crippen molar-refractivity contribution in [3.8, 4) is 0 Å². The second-order valence-electron chi connectivity index (χ2n) is 3.02. The van der Waals surface area contributed by atoms with Crippen molar-refractivity contribution in [2.45, 2.75) is 19.8 Å². The Kier molecular flexibility index (Phi) is 7.57. The highest BCUT2D eigenvalue weighted by atomic mass is 16.5. The molecule has 5 nitrogen and oxygen atoms in total. The van der Waals surface area contributed by atoms with Gasteiger partial charge in [-0.3, -0.25) is 4.79 Å². The highest BCUT2D eigenvalue weighted by Gasteiger charge is 2.17. The van der Waals surface area contributed by atoms with Crippen molar-refractivity contribution in [1.29, 1.82) is 0 Å². The van der Waals surface area contributed by atoms with Crippen LogP contribution in [0.2, 0.25) is 0 Å². The van der Waals surface area contributed by atoms with Crippen LogP contribution in [-0.4, -0.2) is 30.1 Å². The molecule has 1 heterocycles. The Bertz CT molecular complexity index is 257. The van der Waals surface area contributed by atoms with E-state index in [1.54, 1.807) is 4.90 Å². The van der Waals surface area contributed by atoms with Crippen LogP contribution in [-0.2, 0) is 14.3 Å². The zero-order valence-electron chi connectivity index (χ0n) is 9.48. The van der Waals surface area contributed by atoms with Crippen LogP contribution in [0.15, 0.2) is 25.7 Å². The van der Waals surface area contributed by atoms with Crippen molar-refractivity contribution >= 4 is 12.1 Å². The smallest absolute Gasteiger partial charge is 0.414 e. The lowest BCUT2D eigenvalue weighted by Crippen LogP contribution is -2.26. The molecule has 1 saturated heterocycles. The number of ether oxygens (including phenoxy) is 2. The molecule has 0 unspecified atom stereocenters. The topological polar surface area (TPSA) is 55.8 Å². The van der Waals surface area contributed by atoms with Crippen molar-refractivity contribution in [3.05, 3.63) is 25.7 Å². The van der Waals surface area contributed by atoms with Crippen LogP contribution in [0.1, 0.15) is 19.8 Å². The van der Waals surface area contributed by atoms with Gasteiger partial charge in [0.05, 0.1) is 12.5 Å². The second kappa shape index (κ2) is 8.52. The third-order valence-electron chi connectivity index (χ3n) is 1.80. The summed E-state index contributed by atoms with van der Waals surface area (Å²) in [6.45, 7) is 9.43. The first-order valence-corrected chi connectivity index (χ1v) is 4.96. The molecule has 1 aliphatic heterocycles. The van der Waals surface area contributed by atoms with E-state index in [0.29, 0.717) is 0 Å². The quantitative estimate of drug-likeness (QED) is 0.535. The van der Waals surface area contributed by atoms with Gasteiger partial charge in [-0.2, -0.15) is 0 Å². The van der Waals surface area contributed by atoms with Crippen LogP contribution in [0, 0.1) is 0 Å². The molecule has 0 N–H and O–H groups in total. The molecule has 1 fully saturated rings. The fourth-order valence-corrected chi connectivity index (χ4v) is 1.16. The molecule has 90 valence electrons. The van der Waals surface area contributed by atoms with Crippen LogP contribution in [0.4, 0.5) is 4.79 Å². The van der Waals surface area contributed by atoms with Crippen LogP contribution in [0.5, 0.6) is 0 Å². The molecule has 5 heteroatoms. The summed E-state index contributed by atoms with van der Waals surface area (Å²) < 4.78 is 8.74. The molecule has 0 aliphatic carbocycles. The Labute approximate surface area is 95.3 Å². The van der Waals surface area contributed by atoms with Gasteiger partial charge in [-0.25, -0.2) is 4.79 Å². The summed E-state index contributed by atoms with van der Waals surface area (Å²) in [7, 11) is 0.